The SMILES string of the molecule is CCSc1ccccc1C(=O)Nc1sc2c(c1C(=O)OC)CC(C)(C)NC2(C)C. The van der Waals surface area contributed by atoms with Gasteiger partial charge >= 0.3 is 5.97 Å². The van der Waals surface area contributed by atoms with Gasteiger partial charge in [0.1, 0.15) is 5.00 Å². The molecule has 5 nitrogen and oxygen atoms in total. The Hall–Kier alpha value is -1.83. The summed E-state index contributed by atoms with van der Waals surface area (Å²) in [7, 11) is 1.38. The average Bonchev–Trinajstić information content (AvgIpc) is 2.98. The minimum atomic E-state index is -0.414. The van der Waals surface area contributed by atoms with Crippen LogP contribution in [0, 0.1) is 0 Å². The molecule has 0 saturated heterocycles. The minimum absolute atomic E-state index is 0.175. The molecular formula is C22H28N2O3S2. The molecule has 0 saturated carbocycles. The molecule has 2 heterocycles. The van der Waals surface area contributed by atoms with E-state index in [2.05, 4.69) is 45.3 Å². The van der Waals surface area contributed by atoms with Gasteiger partial charge in [-0.25, -0.2) is 4.79 Å². The highest BCUT2D eigenvalue weighted by molar-refractivity contribution is 7.99. The molecule has 29 heavy (non-hydrogen) atoms. The number of hydrogen-bond acceptors (Lipinski definition) is 6. The molecule has 0 atom stereocenters. The van der Waals surface area contributed by atoms with Gasteiger partial charge in [0.2, 0.25) is 0 Å². The molecule has 1 amide bonds. The lowest BCUT2D eigenvalue weighted by Crippen LogP contribution is -2.55. The summed E-state index contributed by atoms with van der Waals surface area (Å²) < 4.78 is 5.08. The average molecular weight is 433 g/mol. The molecule has 1 aliphatic heterocycles. The van der Waals surface area contributed by atoms with E-state index in [9.17, 15) is 9.59 Å². The van der Waals surface area contributed by atoms with Crippen molar-refractivity contribution in [2.24, 2.45) is 0 Å². The van der Waals surface area contributed by atoms with Gasteiger partial charge in [0.25, 0.3) is 5.91 Å². The van der Waals surface area contributed by atoms with Crippen molar-refractivity contribution in [1.29, 1.82) is 0 Å². The minimum Gasteiger partial charge on any atom is -0.465 e. The number of fused-ring (bicyclic) bond motifs is 1. The summed E-state index contributed by atoms with van der Waals surface area (Å²) in [5, 5.41) is 7.19. The van der Waals surface area contributed by atoms with E-state index in [1.54, 1.807) is 11.8 Å². The van der Waals surface area contributed by atoms with Crippen LogP contribution in [0.4, 0.5) is 5.00 Å². The second kappa shape index (κ2) is 8.13. The molecule has 0 unspecified atom stereocenters. The molecule has 7 heteroatoms. The van der Waals surface area contributed by atoms with Gasteiger partial charge in [0.05, 0.1) is 18.2 Å². The molecule has 2 aromatic rings. The van der Waals surface area contributed by atoms with Crippen LogP contribution in [0.1, 0.15) is 65.8 Å². The van der Waals surface area contributed by atoms with Crippen molar-refractivity contribution in [2.45, 2.75) is 57.0 Å². The Bertz CT molecular complexity index is 948. The summed E-state index contributed by atoms with van der Waals surface area (Å²) in [4.78, 5) is 27.8. The summed E-state index contributed by atoms with van der Waals surface area (Å²) in [5.41, 5.74) is 1.56. The Morgan fingerprint density at radius 1 is 1.24 bits per heavy atom. The number of thioether (sulfide) groups is 1. The van der Waals surface area contributed by atoms with E-state index in [4.69, 9.17) is 4.74 Å². The second-order valence-electron chi connectivity index (χ2n) is 8.30. The van der Waals surface area contributed by atoms with E-state index in [1.807, 2.05) is 24.3 Å². The number of carbonyl (C=O) groups is 2. The topological polar surface area (TPSA) is 67.4 Å². The maximum Gasteiger partial charge on any atom is 0.341 e. The van der Waals surface area contributed by atoms with Crippen LogP contribution in [-0.4, -0.2) is 30.3 Å². The van der Waals surface area contributed by atoms with Crippen LogP contribution < -0.4 is 10.6 Å². The van der Waals surface area contributed by atoms with E-state index < -0.39 is 5.97 Å². The van der Waals surface area contributed by atoms with Crippen LogP contribution in [-0.2, 0) is 16.7 Å². The van der Waals surface area contributed by atoms with Crippen LogP contribution in [0.5, 0.6) is 0 Å². The molecule has 0 spiro atoms. The standard InChI is InChI=1S/C22H28N2O3S2/c1-7-28-15-11-9-8-10-13(15)18(25)23-19-16(20(26)27-6)14-12-21(2,3)24-22(4,5)17(14)29-19/h8-11,24H,7,12H2,1-6H3,(H,23,25). The summed E-state index contributed by atoms with van der Waals surface area (Å²) >= 11 is 3.08. The van der Waals surface area contributed by atoms with Gasteiger partial charge in [0, 0.05) is 20.9 Å². The molecule has 2 N–H and O–H groups in total. The molecule has 1 aromatic carbocycles. The van der Waals surface area contributed by atoms with Gasteiger partial charge in [-0.3, -0.25) is 4.79 Å². The quantitative estimate of drug-likeness (QED) is 0.511. The molecule has 0 radical (unpaired) electrons. The first-order chi connectivity index (χ1) is 13.6. The number of ether oxygens (including phenoxy) is 1. The zero-order valence-corrected chi connectivity index (χ0v) is 19.4. The number of amides is 1. The zero-order chi connectivity index (χ0) is 21.4. The molecule has 0 fully saturated rings. The van der Waals surface area contributed by atoms with Crippen molar-refractivity contribution < 1.29 is 14.3 Å². The van der Waals surface area contributed by atoms with Crippen molar-refractivity contribution in [3.05, 3.63) is 45.8 Å². The predicted molar refractivity (Wildman–Crippen MR) is 120 cm³/mol. The fourth-order valence-corrected chi connectivity index (χ4v) is 6.10. The van der Waals surface area contributed by atoms with Gasteiger partial charge < -0.3 is 15.4 Å². The Kier molecular flexibility index (Phi) is 6.13. The van der Waals surface area contributed by atoms with Crippen LogP contribution in [0.15, 0.2) is 29.2 Å². The molecule has 0 aliphatic carbocycles. The van der Waals surface area contributed by atoms with Crippen LogP contribution >= 0.6 is 23.1 Å². The summed E-state index contributed by atoms with van der Waals surface area (Å²) in [6.07, 6.45) is 0.685. The number of benzene rings is 1. The number of methoxy groups -OCH3 is 1. The lowest BCUT2D eigenvalue weighted by molar-refractivity contribution is 0.0600. The first kappa shape index (κ1) is 21.9. The number of carbonyl (C=O) groups excluding carboxylic acids is 2. The highest BCUT2D eigenvalue weighted by Crippen LogP contribution is 2.45. The fourth-order valence-electron chi connectivity index (χ4n) is 4.04. The van der Waals surface area contributed by atoms with Gasteiger partial charge in [-0.05, 0) is 57.6 Å². The Morgan fingerprint density at radius 3 is 2.59 bits per heavy atom. The van der Waals surface area contributed by atoms with E-state index in [-0.39, 0.29) is 17.0 Å². The number of nitrogens with one attached hydrogen (secondary N) is 2. The third-order valence-electron chi connectivity index (χ3n) is 4.89. The monoisotopic (exact) mass is 432 g/mol. The number of esters is 1. The van der Waals surface area contributed by atoms with E-state index in [0.717, 1.165) is 21.1 Å². The lowest BCUT2D eigenvalue weighted by atomic mass is 9.81. The lowest BCUT2D eigenvalue weighted by Gasteiger charge is -2.42. The number of thiophene rings is 1. The Labute approximate surface area is 180 Å². The zero-order valence-electron chi connectivity index (χ0n) is 17.8. The highest BCUT2D eigenvalue weighted by atomic mass is 32.2. The normalized spacial score (nSPS) is 16.8. The number of rotatable bonds is 5. The molecular weight excluding hydrogens is 404 g/mol. The van der Waals surface area contributed by atoms with Crippen LogP contribution in [0.3, 0.4) is 0 Å². The first-order valence-corrected chi connectivity index (χ1v) is 11.5. The fraction of sp³-hybridized carbons (Fsp3) is 0.455. The Morgan fingerprint density at radius 2 is 1.93 bits per heavy atom. The van der Waals surface area contributed by atoms with Crippen molar-refractivity contribution in [2.75, 3.05) is 18.2 Å². The molecule has 1 aromatic heterocycles. The van der Waals surface area contributed by atoms with Gasteiger partial charge in [-0.1, -0.05) is 19.1 Å². The molecule has 0 bridgehead atoms. The largest absolute Gasteiger partial charge is 0.465 e. The Balaban J connectivity index is 2.06. The third-order valence-corrected chi connectivity index (χ3v) is 7.32. The highest BCUT2D eigenvalue weighted by Gasteiger charge is 2.42. The van der Waals surface area contributed by atoms with Crippen LogP contribution in [0.25, 0.3) is 0 Å². The maximum absolute atomic E-state index is 13.1. The number of anilines is 1. The van der Waals surface area contributed by atoms with Gasteiger partial charge in [-0.2, -0.15) is 0 Å². The van der Waals surface area contributed by atoms with E-state index in [1.165, 1.54) is 18.4 Å². The molecule has 1 aliphatic rings. The molecule has 3 rings (SSSR count). The van der Waals surface area contributed by atoms with Crippen LogP contribution in [0.2, 0.25) is 0 Å². The van der Waals surface area contributed by atoms with Gasteiger partial charge in [-0.15, -0.1) is 23.1 Å². The summed E-state index contributed by atoms with van der Waals surface area (Å²) in [6, 6.07) is 7.53. The smallest absolute Gasteiger partial charge is 0.341 e. The van der Waals surface area contributed by atoms with Crippen molar-refractivity contribution in [3.8, 4) is 0 Å². The maximum atomic E-state index is 13.1. The summed E-state index contributed by atoms with van der Waals surface area (Å²) in [5.74, 6) is 0.248. The first-order valence-electron chi connectivity index (χ1n) is 9.66. The second-order valence-corrected chi connectivity index (χ2v) is 10.6. The van der Waals surface area contributed by atoms with Gasteiger partial charge in [0.15, 0.2) is 0 Å². The van der Waals surface area contributed by atoms with Crippen molar-refractivity contribution in [3.63, 3.8) is 0 Å². The van der Waals surface area contributed by atoms with E-state index in [0.29, 0.717) is 22.5 Å². The third kappa shape index (κ3) is 4.37. The van der Waals surface area contributed by atoms with E-state index >= 15 is 0 Å². The number of hydrogen-bond donors (Lipinski definition) is 2. The van der Waals surface area contributed by atoms with Crippen molar-refractivity contribution >= 4 is 40.0 Å². The predicted octanol–water partition coefficient (Wildman–Crippen LogP) is 5.06. The van der Waals surface area contributed by atoms with Crippen molar-refractivity contribution in [1.82, 2.24) is 5.32 Å². The summed E-state index contributed by atoms with van der Waals surface area (Å²) in [6.45, 7) is 10.5. The molecule has 156 valence electrons.